The van der Waals surface area contributed by atoms with Crippen LogP contribution in [-0.4, -0.2) is 17.5 Å². The predicted octanol–water partition coefficient (Wildman–Crippen LogP) is 4.61. The maximum absolute atomic E-state index is 3.87. The van der Waals surface area contributed by atoms with Gasteiger partial charge in [0.25, 0.3) is 0 Å². The highest BCUT2D eigenvalue weighted by molar-refractivity contribution is 14.1. The Kier molecular flexibility index (Phi) is 4.28. The van der Waals surface area contributed by atoms with Crippen molar-refractivity contribution in [2.75, 3.05) is 12.8 Å². The quantitative estimate of drug-likeness (QED) is 0.750. The molecule has 100 valence electrons. The van der Waals surface area contributed by atoms with E-state index in [0.717, 1.165) is 0 Å². The molecule has 2 aliphatic carbocycles. The van der Waals surface area contributed by atoms with Crippen LogP contribution in [-0.2, 0) is 6.42 Å². The summed E-state index contributed by atoms with van der Waals surface area (Å²) in [5.74, 6) is 0. The van der Waals surface area contributed by atoms with Gasteiger partial charge in [0.1, 0.15) is 0 Å². The van der Waals surface area contributed by atoms with Crippen LogP contribution in [0.4, 0.5) is 0 Å². The molecular weight excluding hydrogens is 373 g/mol. The third kappa shape index (κ3) is 2.63. The van der Waals surface area contributed by atoms with Crippen molar-refractivity contribution in [3.8, 4) is 0 Å². The summed E-state index contributed by atoms with van der Waals surface area (Å²) in [5, 5.41) is 3.87. The Morgan fingerprint density at radius 3 is 3.00 bits per heavy atom. The smallest absolute Gasteiger partial charge is 0.0659 e. The van der Waals surface area contributed by atoms with E-state index in [1.807, 2.05) is 11.3 Å². The number of hydrogen-bond acceptors (Lipinski definition) is 3. The Balaban J connectivity index is 1.67. The van der Waals surface area contributed by atoms with Crippen molar-refractivity contribution in [2.45, 2.75) is 49.3 Å². The molecule has 2 aliphatic rings. The largest absolute Gasteiger partial charge is 0.309 e. The second-order valence-corrected chi connectivity index (χ2v) is 9.80. The minimum Gasteiger partial charge on any atom is -0.309 e. The Hall–Kier alpha value is 0.740. The number of hydrogen-bond donors (Lipinski definition) is 1. The molecule has 1 nitrogen and oxygen atoms in total. The predicted molar refractivity (Wildman–Crippen MR) is 90.8 cm³/mol. The summed E-state index contributed by atoms with van der Waals surface area (Å²) in [4.78, 5) is 1.63. The zero-order valence-corrected chi connectivity index (χ0v) is 14.6. The molecule has 1 saturated carbocycles. The van der Waals surface area contributed by atoms with Gasteiger partial charge in [0.05, 0.1) is 2.88 Å². The first-order valence-corrected chi connectivity index (χ1v) is 9.91. The summed E-state index contributed by atoms with van der Waals surface area (Å²) in [6, 6.07) is 3.03. The molecule has 0 spiro atoms. The number of thiophene rings is 1. The van der Waals surface area contributed by atoms with Gasteiger partial charge < -0.3 is 5.32 Å². The summed E-state index contributed by atoms with van der Waals surface area (Å²) in [7, 11) is 0. The molecule has 0 amide bonds. The van der Waals surface area contributed by atoms with E-state index in [1.165, 1.54) is 48.0 Å². The molecule has 1 atom stereocenters. The Bertz CT molecular complexity index is 420. The lowest BCUT2D eigenvalue weighted by Crippen LogP contribution is -2.44. The van der Waals surface area contributed by atoms with Crippen molar-refractivity contribution in [3.63, 3.8) is 0 Å². The lowest BCUT2D eigenvalue weighted by atomic mass is 9.83. The third-order valence-electron chi connectivity index (χ3n) is 4.45. The van der Waals surface area contributed by atoms with Crippen LogP contribution < -0.4 is 5.32 Å². The number of rotatable bonds is 4. The van der Waals surface area contributed by atoms with Crippen molar-refractivity contribution in [2.24, 2.45) is 0 Å². The maximum Gasteiger partial charge on any atom is 0.0659 e. The monoisotopic (exact) mass is 393 g/mol. The molecule has 0 radical (unpaired) electrons. The van der Waals surface area contributed by atoms with Gasteiger partial charge in [-0.05, 0) is 72.6 Å². The standard InChI is InChI=1S/C14H20INS2/c1-17-14(6-3-7-14)9-16-11-4-2-5-12-10(11)8-13(15)18-12/h8,11,16H,2-7,9H2,1H3. The Morgan fingerprint density at radius 2 is 2.33 bits per heavy atom. The highest BCUT2D eigenvalue weighted by atomic mass is 127. The number of thioether (sulfide) groups is 1. The summed E-state index contributed by atoms with van der Waals surface area (Å²) >= 11 is 6.53. The molecular formula is C14H20INS2. The van der Waals surface area contributed by atoms with Crippen molar-refractivity contribution >= 4 is 45.7 Å². The molecule has 4 heteroatoms. The van der Waals surface area contributed by atoms with Crippen LogP contribution in [0.15, 0.2) is 6.07 Å². The fraction of sp³-hybridized carbons (Fsp3) is 0.714. The lowest BCUT2D eigenvalue weighted by molar-refractivity contribution is 0.322. The van der Waals surface area contributed by atoms with Crippen molar-refractivity contribution in [1.29, 1.82) is 0 Å². The zero-order valence-electron chi connectivity index (χ0n) is 10.8. The van der Waals surface area contributed by atoms with E-state index in [-0.39, 0.29) is 0 Å². The summed E-state index contributed by atoms with van der Waals surface area (Å²) < 4.78 is 2.01. The van der Waals surface area contributed by atoms with Gasteiger partial charge in [-0.2, -0.15) is 11.8 Å². The average Bonchev–Trinajstić information content (AvgIpc) is 2.69. The lowest BCUT2D eigenvalue weighted by Gasteiger charge is -2.42. The second kappa shape index (κ2) is 5.62. The molecule has 1 fully saturated rings. The number of fused-ring (bicyclic) bond motifs is 1. The molecule has 0 aromatic carbocycles. The van der Waals surface area contributed by atoms with Crippen molar-refractivity contribution in [3.05, 3.63) is 19.4 Å². The fourth-order valence-electron chi connectivity index (χ4n) is 3.07. The van der Waals surface area contributed by atoms with E-state index in [0.29, 0.717) is 10.8 Å². The van der Waals surface area contributed by atoms with Gasteiger partial charge in [0.2, 0.25) is 0 Å². The molecule has 0 bridgehead atoms. The van der Waals surface area contributed by atoms with Gasteiger partial charge in [-0.15, -0.1) is 11.3 Å². The first-order valence-electron chi connectivity index (χ1n) is 6.79. The van der Waals surface area contributed by atoms with Crippen LogP contribution in [0.1, 0.15) is 48.6 Å². The van der Waals surface area contributed by atoms with Crippen LogP contribution in [0.2, 0.25) is 0 Å². The molecule has 1 heterocycles. The molecule has 1 N–H and O–H groups in total. The molecule has 0 aliphatic heterocycles. The van der Waals surface area contributed by atoms with Crippen LogP contribution >= 0.6 is 45.7 Å². The normalized spacial score (nSPS) is 25.6. The minimum atomic E-state index is 0.556. The van der Waals surface area contributed by atoms with Gasteiger partial charge in [0.15, 0.2) is 0 Å². The Labute approximate surface area is 132 Å². The molecule has 3 rings (SSSR count). The van der Waals surface area contributed by atoms with Gasteiger partial charge in [-0.25, -0.2) is 0 Å². The average molecular weight is 393 g/mol. The van der Waals surface area contributed by atoms with Crippen LogP contribution in [0, 0.1) is 2.88 Å². The molecule has 1 unspecified atom stereocenters. The van der Waals surface area contributed by atoms with E-state index in [9.17, 15) is 0 Å². The van der Waals surface area contributed by atoms with Crippen LogP contribution in [0.3, 0.4) is 0 Å². The molecule has 18 heavy (non-hydrogen) atoms. The number of nitrogens with one attached hydrogen (secondary N) is 1. The third-order valence-corrected chi connectivity index (χ3v) is 7.84. The van der Waals surface area contributed by atoms with Crippen LogP contribution in [0.5, 0.6) is 0 Å². The number of aryl methyl sites for hydroxylation is 1. The molecule has 1 aromatic heterocycles. The van der Waals surface area contributed by atoms with Crippen molar-refractivity contribution < 1.29 is 0 Å². The van der Waals surface area contributed by atoms with Crippen LogP contribution in [0.25, 0.3) is 0 Å². The molecule has 1 aromatic rings. The summed E-state index contributed by atoms with van der Waals surface area (Å²) in [6.45, 7) is 1.20. The highest BCUT2D eigenvalue weighted by Gasteiger charge is 2.36. The van der Waals surface area contributed by atoms with E-state index >= 15 is 0 Å². The fourth-order valence-corrected chi connectivity index (χ4v) is 6.11. The zero-order chi connectivity index (χ0) is 12.6. The van der Waals surface area contributed by atoms with E-state index < -0.39 is 0 Å². The van der Waals surface area contributed by atoms with Gasteiger partial charge >= 0.3 is 0 Å². The van der Waals surface area contributed by atoms with E-state index in [1.54, 1.807) is 10.4 Å². The SMILES string of the molecule is CSC1(CNC2CCCc3sc(I)cc32)CCC1. The molecule has 0 saturated heterocycles. The second-order valence-electron chi connectivity index (χ2n) is 5.50. The van der Waals surface area contributed by atoms with Gasteiger partial charge in [-0.1, -0.05) is 6.42 Å². The topological polar surface area (TPSA) is 12.0 Å². The Morgan fingerprint density at radius 1 is 1.50 bits per heavy atom. The first kappa shape index (κ1) is 13.7. The number of halogens is 1. The summed E-state index contributed by atoms with van der Waals surface area (Å²) in [5.41, 5.74) is 1.60. The first-order chi connectivity index (χ1) is 8.72. The minimum absolute atomic E-state index is 0.556. The van der Waals surface area contributed by atoms with E-state index in [2.05, 4.69) is 52.0 Å². The van der Waals surface area contributed by atoms with Gasteiger partial charge in [-0.3, -0.25) is 0 Å². The van der Waals surface area contributed by atoms with E-state index in [4.69, 9.17) is 0 Å². The maximum atomic E-state index is 3.87. The highest BCUT2D eigenvalue weighted by Crippen LogP contribution is 2.43. The van der Waals surface area contributed by atoms with Crippen molar-refractivity contribution in [1.82, 2.24) is 5.32 Å². The van der Waals surface area contributed by atoms with Gasteiger partial charge in [0, 0.05) is 22.2 Å². The summed E-state index contributed by atoms with van der Waals surface area (Å²) in [6.07, 6.45) is 10.5.